The number of hydrogen-bond acceptors (Lipinski definition) is 1. The summed E-state index contributed by atoms with van der Waals surface area (Å²) in [6.45, 7) is 0. The second-order valence-electron chi connectivity index (χ2n) is 5.68. The van der Waals surface area contributed by atoms with Gasteiger partial charge in [0.15, 0.2) is 0 Å². The summed E-state index contributed by atoms with van der Waals surface area (Å²) in [4.78, 5) is 0. The molecule has 0 fully saturated rings. The standard InChI is InChI=1S/C17H17ClFN/c18-15-6-3-7-16(19)14(15)11-17(20)9-8-12-4-1-2-5-13(12)10-17/h1-7H,8-11,20H2. The number of rotatable bonds is 2. The van der Waals surface area contributed by atoms with Gasteiger partial charge in [0.1, 0.15) is 5.82 Å². The van der Waals surface area contributed by atoms with Gasteiger partial charge in [-0.15, -0.1) is 0 Å². The first-order valence-electron chi connectivity index (χ1n) is 6.86. The summed E-state index contributed by atoms with van der Waals surface area (Å²) >= 11 is 6.12. The van der Waals surface area contributed by atoms with Crippen LogP contribution in [0.25, 0.3) is 0 Å². The molecule has 0 heterocycles. The van der Waals surface area contributed by atoms with E-state index >= 15 is 0 Å². The van der Waals surface area contributed by atoms with Gasteiger partial charge < -0.3 is 5.73 Å². The van der Waals surface area contributed by atoms with Crippen LogP contribution in [0.3, 0.4) is 0 Å². The van der Waals surface area contributed by atoms with Gasteiger partial charge in [-0.3, -0.25) is 0 Å². The number of fused-ring (bicyclic) bond motifs is 1. The lowest BCUT2D eigenvalue weighted by molar-refractivity contribution is 0.364. The molecular formula is C17H17ClFN. The molecule has 2 aromatic rings. The maximum atomic E-state index is 13.9. The van der Waals surface area contributed by atoms with Crippen molar-refractivity contribution in [2.45, 2.75) is 31.2 Å². The first-order valence-corrected chi connectivity index (χ1v) is 7.24. The molecule has 0 saturated heterocycles. The van der Waals surface area contributed by atoms with Crippen LogP contribution in [0.2, 0.25) is 5.02 Å². The minimum absolute atomic E-state index is 0.263. The normalized spacial score (nSPS) is 21.6. The average molecular weight is 290 g/mol. The molecule has 0 aliphatic heterocycles. The number of benzene rings is 2. The van der Waals surface area contributed by atoms with E-state index in [1.54, 1.807) is 12.1 Å². The molecule has 104 valence electrons. The first kappa shape index (κ1) is 13.6. The van der Waals surface area contributed by atoms with Crippen LogP contribution in [0.5, 0.6) is 0 Å². The zero-order chi connectivity index (χ0) is 14.2. The highest BCUT2D eigenvalue weighted by molar-refractivity contribution is 6.31. The van der Waals surface area contributed by atoms with Crippen molar-refractivity contribution in [2.24, 2.45) is 5.73 Å². The molecule has 3 heteroatoms. The Morgan fingerprint density at radius 1 is 1.10 bits per heavy atom. The minimum atomic E-state index is -0.416. The van der Waals surface area contributed by atoms with Gasteiger partial charge in [0, 0.05) is 16.1 Å². The lowest BCUT2D eigenvalue weighted by Gasteiger charge is -2.35. The number of aryl methyl sites for hydroxylation is 1. The third kappa shape index (κ3) is 2.58. The fraction of sp³-hybridized carbons (Fsp3) is 0.294. The van der Waals surface area contributed by atoms with E-state index in [0.29, 0.717) is 17.0 Å². The van der Waals surface area contributed by atoms with Crippen molar-refractivity contribution in [1.82, 2.24) is 0 Å². The molecule has 1 unspecified atom stereocenters. The van der Waals surface area contributed by atoms with Crippen LogP contribution in [0, 0.1) is 5.82 Å². The lowest BCUT2D eigenvalue weighted by Crippen LogP contribution is -2.47. The molecule has 2 aromatic carbocycles. The van der Waals surface area contributed by atoms with Crippen molar-refractivity contribution < 1.29 is 4.39 Å². The Labute approximate surface area is 123 Å². The Kier molecular flexibility index (Phi) is 3.53. The molecule has 1 aliphatic rings. The molecule has 0 bridgehead atoms. The van der Waals surface area contributed by atoms with Gasteiger partial charge in [-0.25, -0.2) is 4.39 Å². The van der Waals surface area contributed by atoms with Gasteiger partial charge in [-0.05, 0) is 48.9 Å². The largest absolute Gasteiger partial charge is 0.324 e. The summed E-state index contributed by atoms with van der Waals surface area (Å²) in [6.07, 6.45) is 3.05. The molecule has 3 rings (SSSR count). The molecule has 0 saturated carbocycles. The minimum Gasteiger partial charge on any atom is -0.324 e. The van der Waals surface area contributed by atoms with E-state index < -0.39 is 5.54 Å². The quantitative estimate of drug-likeness (QED) is 0.891. The summed E-state index contributed by atoms with van der Waals surface area (Å²) in [5.41, 5.74) is 9.27. The fourth-order valence-electron chi connectivity index (χ4n) is 3.03. The van der Waals surface area contributed by atoms with E-state index in [4.69, 9.17) is 17.3 Å². The maximum absolute atomic E-state index is 13.9. The Morgan fingerprint density at radius 2 is 1.85 bits per heavy atom. The second-order valence-corrected chi connectivity index (χ2v) is 6.09. The molecule has 0 amide bonds. The number of halogens is 2. The summed E-state index contributed by atoms with van der Waals surface area (Å²) in [5, 5.41) is 0.466. The lowest BCUT2D eigenvalue weighted by atomic mass is 9.75. The van der Waals surface area contributed by atoms with Crippen LogP contribution in [0.4, 0.5) is 4.39 Å². The van der Waals surface area contributed by atoms with Gasteiger partial charge >= 0.3 is 0 Å². The van der Waals surface area contributed by atoms with E-state index in [-0.39, 0.29) is 5.82 Å². The Bertz CT molecular complexity index is 620. The topological polar surface area (TPSA) is 26.0 Å². The summed E-state index contributed by atoms with van der Waals surface area (Å²) in [7, 11) is 0. The van der Waals surface area contributed by atoms with Crippen molar-refractivity contribution in [3.8, 4) is 0 Å². The average Bonchev–Trinajstić information content (AvgIpc) is 2.43. The predicted octanol–water partition coefficient (Wildman–Crippen LogP) is 3.91. The Hall–Kier alpha value is -1.38. The van der Waals surface area contributed by atoms with Gasteiger partial charge in [-0.2, -0.15) is 0 Å². The third-order valence-corrected chi connectivity index (χ3v) is 4.50. The predicted molar refractivity (Wildman–Crippen MR) is 80.5 cm³/mol. The van der Waals surface area contributed by atoms with Crippen LogP contribution < -0.4 is 5.73 Å². The number of hydrogen-bond donors (Lipinski definition) is 1. The van der Waals surface area contributed by atoms with Crippen molar-refractivity contribution >= 4 is 11.6 Å². The maximum Gasteiger partial charge on any atom is 0.127 e. The van der Waals surface area contributed by atoms with E-state index in [1.165, 1.54) is 17.2 Å². The first-order chi connectivity index (χ1) is 9.57. The van der Waals surface area contributed by atoms with Crippen molar-refractivity contribution in [3.05, 3.63) is 70.0 Å². The van der Waals surface area contributed by atoms with Crippen LogP contribution in [-0.2, 0) is 19.3 Å². The smallest absolute Gasteiger partial charge is 0.127 e. The molecule has 2 N–H and O–H groups in total. The van der Waals surface area contributed by atoms with Crippen LogP contribution in [-0.4, -0.2) is 5.54 Å². The highest BCUT2D eigenvalue weighted by Gasteiger charge is 2.31. The molecule has 1 atom stereocenters. The van der Waals surface area contributed by atoms with Crippen LogP contribution in [0.1, 0.15) is 23.1 Å². The van der Waals surface area contributed by atoms with Gasteiger partial charge in [0.25, 0.3) is 0 Å². The van der Waals surface area contributed by atoms with E-state index in [2.05, 4.69) is 18.2 Å². The van der Waals surface area contributed by atoms with Gasteiger partial charge in [0.2, 0.25) is 0 Å². The Balaban J connectivity index is 1.88. The zero-order valence-electron chi connectivity index (χ0n) is 11.2. The van der Waals surface area contributed by atoms with Crippen molar-refractivity contribution in [2.75, 3.05) is 0 Å². The van der Waals surface area contributed by atoms with Gasteiger partial charge in [-0.1, -0.05) is 41.9 Å². The second kappa shape index (κ2) is 5.19. The molecule has 0 radical (unpaired) electrons. The summed E-state index contributed by atoms with van der Waals surface area (Å²) < 4.78 is 13.9. The van der Waals surface area contributed by atoms with Gasteiger partial charge in [0.05, 0.1) is 0 Å². The van der Waals surface area contributed by atoms with Crippen molar-refractivity contribution in [3.63, 3.8) is 0 Å². The van der Waals surface area contributed by atoms with Crippen LogP contribution in [0.15, 0.2) is 42.5 Å². The molecule has 1 aliphatic carbocycles. The van der Waals surface area contributed by atoms with Crippen molar-refractivity contribution in [1.29, 1.82) is 0 Å². The monoisotopic (exact) mass is 289 g/mol. The van der Waals surface area contributed by atoms with E-state index in [0.717, 1.165) is 19.3 Å². The highest BCUT2D eigenvalue weighted by Crippen LogP contribution is 2.32. The highest BCUT2D eigenvalue weighted by atomic mass is 35.5. The molecule has 1 nitrogen and oxygen atoms in total. The summed E-state index contributed by atoms with van der Waals surface area (Å²) in [6, 6.07) is 13.1. The molecule has 20 heavy (non-hydrogen) atoms. The third-order valence-electron chi connectivity index (χ3n) is 4.14. The molecule has 0 spiro atoms. The number of nitrogens with two attached hydrogens (primary N) is 1. The zero-order valence-corrected chi connectivity index (χ0v) is 12.0. The van der Waals surface area contributed by atoms with E-state index in [9.17, 15) is 4.39 Å². The fourth-order valence-corrected chi connectivity index (χ4v) is 3.26. The summed E-state index contributed by atoms with van der Waals surface area (Å²) in [5.74, 6) is -0.263. The van der Waals surface area contributed by atoms with E-state index in [1.807, 2.05) is 6.07 Å². The molecule has 0 aromatic heterocycles. The molecular weight excluding hydrogens is 273 g/mol. The van der Waals surface area contributed by atoms with Crippen LogP contribution >= 0.6 is 11.6 Å². The SMILES string of the molecule is NC1(Cc2c(F)cccc2Cl)CCc2ccccc2C1. The Morgan fingerprint density at radius 3 is 2.60 bits per heavy atom.